The molecule has 0 bridgehead atoms. The molecule has 0 aliphatic heterocycles. The third kappa shape index (κ3) is 3.14. The highest BCUT2D eigenvalue weighted by Gasteiger charge is 2.22. The molecule has 1 aliphatic carbocycles. The van der Waals surface area contributed by atoms with Crippen LogP contribution in [-0.4, -0.2) is 17.8 Å². The van der Waals surface area contributed by atoms with Crippen molar-refractivity contribution in [3.63, 3.8) is 0 Å². The highest BCUT2D eigenvalue weighted by molar-refractivity contribution is 9.10. The fourth-order valence-corrected chi connectivity index (χ4v) is 2.84. The Balaban J connectivity index is 2.07. The van der Waals surface area contributed by atoms with E-state index >= 15 is 0 Å². The van der Waals surface area contributed by atoms with Crippen LogP contribution in [-0.2, 0) is 0 Å². The second-order valence-electron chi connectivity index (χ2n) is 4.91. The predicted octanol–water partition coefficient (Wildman–Crippen LogP) is 3.13. The summed E-state index contributed by atoms with van der Waals surface area (Å²) < 4.78 is 13.7. The summed E-state index contributed by atoms with van der Waals surface area (Å²) in [6.45, 7) is 0.237. The summed E-state index contributed by atoms with van der Waals surface area (Å²) in [4.78, 5) is 0. The minimum Gasteiger partial charge on any atom is -0.397 e. The molecular weight excluding hydrogens is 299 g/mol. The van der Waals surface area contributed by atoms with Crippen LogP contribution in [0.2, 0.25) is 0 Å². The molecule has 0 amide bonds. The zero-order valence-corrected chi connectivity index (χ0v) is 11.7. The molecule has 2 atom stereocenters. The van der Waals surface area contributed by atoms with Crippen molar-refractivity contribution >= 4 is 27.3 Å². The number of benzene rings is 1. The summed E-state index contributed by atoms with van der Waals surface area (Å²) in [5.74, 6) is 0.0105. The molecule has 0 aromatic heterocycles. The van der Waals surface area contributed by atoms with E-state index in [-0.39, 0.29) is 12.4 Å². The first-order chi connectivity index (χ1) is 8.60. The van der Waals surface area contributed by atoms with Gasteiger partial charge in [0.2, 0.25) is 0 Å². The standard InChI is InChI=1S/C13H18BrFN2O/c14-10-5-13(12(16)6-11(10)15)17-9-3-1-2-8(4-9)7-18/h5-6,8-9,17-18H,1-4,7,16H2. The van der Waals surface area contributed by atoms with Crippen LogP contribution in [0.15, 0.2) is 16.6 Å². The molecule has 0 heterocycles. The lowest BCUT2D eigenvalue weighted by Crippen LogP contribution is -2.29. The van der Waals surface area contributed by atoms with E-state index in [0.29, 0.717) is 22.1 Å². The van der Waals surface area contributed by atoms with Gasteiger partial charge in [0, 0.05) is 18.7 Å². The molecule has 2 rings (SSSR count). The van der Waals surface area contributed by atoms with Gasteiger partial charge < -0.3 is 16.2 Å². The minimum atomic E-state index is -0.352. The van der Waals surface area contributed by atoms with Crippen LogP contribution < -0.4 is 11.1 Å². The van der Waals surface area contributed by atoms with Gasteiger partial charge in [-0.1, -0.05) is 6.42 Å². The molecule has 100 valence electrons. The van der Waals surface area contributed by atoms with E-state index in [1.807, 2.05) is 0 Å². The zero-order chi connectivity index (χ0) is 13.1. The lowest BCUT2D eigenvalue weighted by Gasteiger charge is -2.29. The van der Waals surface area contributed by atoms with E-state index in [1.165, 1.54) is 6.07 Å². The second kappa shape index (κ2) is 5.89. The van der Waals surface area contributed by atoms with Gasteiger partial charge in [-0.05, 0) is 47.2 Å². The maximum Gasteiger partial charge on any atom is 0.139 e. The Bertz CT molecular complexity index is 428. The third-order valence-electron chi connectivity index (χ3n) is 3.49. The van der Waals surface area contributed by atoms with Crippen LogP contribution in [0, 0.1) is 11.7 Å². The van der Waals surface area contributed by atoms with Crippen LogP contribution in [0.5, 0.6) is 0 Å². The SMILES string of the molecule is Nc1cc(F)c(Br)cc1NC1CCCC(CO)C1. The minimum absolute atomic E-state index is 0.237. The summed E-state index contributed by atoms with van der Waals surface area (Å²) in [7, 11) is 0. The van der Waals surface area contributed by atoms with Crippen molar-refractivity contribution in [2.75, 3.05) is 17.7 Å². The fourth-order valence-electron chi connectivity index (χ4n) is 2.50. The van der Waals surface area contributed by atoms with Crippen LogP contribution in [0.4, 0.5) is 15.8 Å². The van der Waals surface area contributed by atoms with E-state index in [4.69, 9.17) is 5.73 Å². The monoisotopic (exact) mass is 316 g/mol. The van der Waals surface area contributed by atoms with Gasteiger partial charge in [-0.15, -0.1) is 0 Å². The molecule has 4 N–H and O–H groups in total. The summed E-state index contributed by atoms with van der Waals surface area (Å²) in [6.07, 6.45) is 4.18. The molecule has 18 heavy (non-hydrogen) atoms. The maximum absolute atomic E-state index is 13.3. The second-order valence-corrected chi connectivity index (χ2v) is 5.76. The largest absolute Gasteiger partial charge is 0.397 e. The fraction of sp³-hybridized carbons (Fsp3) is 0.538. The first kappa shape index (κ1) is 13.6. The number of aliphatic hydroxyl groups excluding tert-OH is 1. The number of rotatable bonds is 3. The summed E-state index contributed by atoms with van der Waals surface area (Å²) in [6, 6.07) is 3.29. The Labute approximate surface area is 115 Å². The number of aliphatic hydroxyl groups is 1. The summed E-state index contributed by atoms with van der Waals surface area (Å²) in [5, 5.41) is 12.5. The highest BCUT2D eigenvalue weighted by atomic mass is 79.9. The van der Waals surface area contributed by atoms with E-state index in [9.17, 15) is 9.50 Å². The molecule has 2 unspecified atom stereocenters. The number of nitrogen functional groups attached to an aromatic ring is 1. The van der Waals surface area contributed by atoms with Gasteiger partial charge in [-0.3, -0.25) is 0 Å². The van der Waals surface area contributed by atoms with Crippen molar-refractivity contribution in [1.29, 1.82) is 0 Å². The smallest absolute Gasteiger partial charge is 0.139 e. The van der Waals surface area contributed by atoms with Crippen molar-refractivity contribution in [1.82, 2.24) is 0 Å². The molecule has 0 spiro atoms. The van der Waals surface area contributed by atoms with Crippen molar-refractivity contribution in [2.24, 2.45) is 5.92 Å². The normalized spacial score (nSPS) is 23.9. The molecule has 5 heteroatoms. The Kier molecular flexibility index (Phi) is 4.45. The Morgan fingerprint density at radius 3 is 2.94 bits per heavy atom. The lowest BCUT2D eigenvalue weighted by molar-refractivity contribution is 0.184. The molecule has 3 nitrogen and oxygen atoms in total. The number of nitrogens with two attached hydrogens (primary N) is 1. The molecule has 1 saturated carbocycles. The molecule has 1 aromatic rings. The van der Waals surface area contributed by atoms with Gasteiger partial charge in [-0.25, -0.2) is 4.39 Å². The Morgan fingerprint density at radius 2 is 2.22 bits per heavy atom. The predicted molar refractivity (Wildman–Crippen MR) is 75.0 cm³/mol. The summed E-state index contributed by atoms with van der Waals surface area (Å²) >= 11 is 3.16. The summed E-state index contributed by atoms with van der Waals surface area (Å²) in [5.41, 5.74) is 6.98. The van der Waals surface area contributed by atoms with Crippen LogP contribution in [0.25, 0.3) is 0 Å². The van der Waals surface area contributed by atoms with Gasteiger partial charge >= 0.3 is 0 Å². The number of halogens is 2. The lowest BCUT2D eigenvalue weighted by atomic mass is 9.86. The van der Waals surface area contributed by atoms with Crippen molar-refractivity contribution < 1.29 is 9.50 Å². The molecule has 1 aromatic carbocycles. The first-order valence-corrected chi connectivity index (χ1v) is 7.01. The van der Waals surface area contributed by atoms with Crippen molar-refractivity contribution in [3.8, 4) is 0 Å². The van der Waals surface area contributed by atoms with Crippen LogP contribution >= 0.6 is 15.9 Å². The third-order valence-corrected chi connectivity index (χ3v) is 4.10. The molecule has 0 saturated heterocycles. The van der Waals surface area contributed by atoms with Crippen LogP contribution in [0.3, 0.4) is 0 Å². The average molecular weight is 317 g/mol. The van der Waals surface area contributed by atoms with Gasteiger partial charge in [0.1, 0.15) is 5.82 Å². The topological polar surface area (TPSA) is 58.3 Å². The van der Waals surface area contributed by atoms with E-state index in [0.717, 1.165) is 31.4 Å². The van der Waals surface area contributed by atoms with Gasteiger partial charge in [0.25, 0.3) is 0 Å². The molecule has 0 radical (unpaired) electrons. The zero-order valence-electron chi connectivity index (χ0n) is 10.1. The quantitative estimate of drug-likeness (QED) is 0.751. The molecular formula is C13H18BrFN2O. The van der Waals surface area contributed by atoms with Gasteiger partial charge in [-0.2, -0.15) is 0 Å². The van der Waals surface area contributed by atoms with E-state index in [2.05, 4.69) is 21.2 Å². The number of hydrogen-bond acceptors (Lipinski definition) is 3. The molecule has 1 aliphatic rings. The van der Waals surface area contributed by atoms with E-state index < -0.39 is 0 Å². The van der Waals surface area contributed by atoms with Crippen LogP contribution in [0.1, 0.15) is 25.7 Å². The maximum atomic E-state index is 13.3. The Hall–Kier alpha value is -0.810. The van der Waals surface area contributed by atoms with Crippen molar-refractivity contribution in [2.45, 2.75) is 31.7 Å². The highest BCUT2D eigenvalue weighted by Crippen LogP contribution is 2.31. The average Bonchev–Trinajstić information content (AvgIpc) is 2.36. The van der Waals surface area contributed by atoms with E-state index in [1.54, 1.807) is 6.07 Å². The number of anilines is 2. The number of hydrogen-bond donors (Lipinski definition) is 3. The Morgan fingerprint density at radius 1 is 1.44 bits per heavy atom. The van der Waals surface area contributed by atoms with Gasteiger partial charge in [0.15, 0.2) is 0 Å². The van der Waals surface area contributed by atoms with Crippen molar-refractivity contribution in [3.05, 3.63) is 22.4 Å². The number of nitrogens with one attached hydrogen (secondary N) is 1. The first-order valence-electron chi connectivity index (χ1n) is 6.22. The van der Waals surface area contributed by atoms with Gasteiger partial charge in [0.05, 0.1) is 15.8 Å². The molecule has 1 fully saturated rings.